The molecule has 1 unspecified atom stereocenters. The Morgan fingerprint density at radius 2 is 2.05 bits per heavy atom. The Kier molecular flexibility index (Phi) is 5.12. The summed E-state index contributed by atoms with van der Waals surface area (Å²) in [5.74, 6) is -0.101. The quantitative estimate of drug-likeness (QED) is 0.856. The molecule has 1 aromatic carbocycles. The molecule has 2 rings (SSSR count). The van der Waals surface area contributed by atoms with E-state index in [1.165, 1.54) is 0 Å². The molecule has 1 fully saturated rings. The van der Waals surface area contributed by atoms with Crippen molar-refractivity contribution in [3.8, 4) is 0 Å². The van der Waals surface area contributed by atoms with E-state index in [0.717, 1.165) is 5.56 Å². The molecule has 0 aromatic heterocycles. The number of ether oxygens (including phenoxy) is 1. The molecule has 1 aromatic rings. The number of rotatable bonds is 5. The van der Waals surface area contributed by atoms with Gasteiger partial charge in [0.25, 0.3) is 0 Å². The fourth-order valence-electron chi connectivity index (χ4n) is 2.31. The fraction of sp³-hybridized carbons (Fsp3) is 0.467. The summed E-state index contributed by atoms with van der Waals surface area (Å²) in [6.45, 7) is 1.47. The molecule has 5 nitrogen and oxygen atoms in total. The number of carbonyl (C=O) groups is 2. The van der Waals surface area contributed by atoms with Crippen molar-refractivity contribution in [1.82, 2.24) is 10.2 Å². The maximum atomic E-state index is 12.5. The monoisotopic (exact) mass is 276 g/mol. The summed E-state index contributed by atoms with van der Waals surface area (Å²) in [4.78, 5) is 25.9. The van der Waals surface area contributed by atoms with E-state index in [0.29, 0.717) is 32.5 Å². The molecule has 1 N–H and O–H groups in total. The number of nitrogens with zero attached hydrogens (tertiary/aromatic N) is 1. The highest BCUT2D eigenvalue weighted by Gasteiger charge is 2.29. The largest absolute Gasteiger partial charge is 0.383 e. The van der Waals surface area contributed by atoms with Gasteiger partial charge in [-0.05, 0) is 5.56 Å². The summed E-state index contributed by atoms with van der Waals surface area (Å²) < 4.78 is 5.01. The van der Waals surface area contributed by atoms with Gasteiger partial charge in [-0.2, -0.15) is 0 Å². The third kappa shape index (κ3) is 3.81. The van der Waals surface area contributed by atoms with Gasteiger partial charge in [0.05, 0.1) is 6.61 Å². The number of carbonyl (C=O) groups excluding carboxylic acids is 2. The molecule has 1 heterocycles. The molecule has 1 aliphatic heterocycles. The summed E-state index contributed by atoms with van der Waals surface area (Å²) >= 11 is 0. The zero-order chi connectivity index (χ0) is 14.4. The number of hydrogen-bond donors (Lipinski definition) is 1. The lowest BCUT2D eigenvalue weighted by molar-refractivity contribution is -0.134. The fourth-order valence-corrected chi connectivity index (χ4v) is 2.31. The van der Waals surface area contributed by atoms with Crippen molar-refractivity contribution in [2.45, 2.75) is 18.9 Å². The van der Waals surface area contributed by atoms with Gasteiger partial charge in [-0.1, -0.05) is 30.3 Å². The highest BCUT2D eigenvalue weighted by molar-refractivity contribution is 5.90. The van der Waals surface area contributed by atoms with Gasteiger partial charge in [0.2, 0.25) is 11.8 Å². The summed E-state index contributed by atoms with van der Waals surface area (Å²) in [6, 6.07) is 9.24. The Morgan fingerprint density at radius 3 is 2.75 bits per heavy atom. The molecule has 2 amide bonds. The Hall–Kier alpha value is -1.88. The van der Waals surface area contributed by atoms with Gasteiger partial charge in [0, 0.05) is 33.0 Å². The molecule has 20 heavy (non-hydrogen) atoms. The Balaban J connectivity index is 2.08. The van der Waals surface area contributed by atoms with Crippen LogP contribution < -0.4 is 5.32 Å². The van der Waals surface area contributed by atoms with Crippen LogP contribution in [-0.4, -0.2) is 49.6 Å². The first-order valence-corrected chi connectivity index (χ1v) is 6.81. The first-order chi connectivity index (χ1) is 9.70. The number of methoxy groups -OCH3 is 1. The van der Waals surface area contributed by atoms with Crippen LogP contribution in [0.5, 0.6) is 0 Å². The minimum Gasteiger partial charge on any atom is -0.383 e. The van der Waals surface area contributed by atoms with Crippen LogP contribution in [0.3, 0.4) is 0 Å². The van der Waals surface area contributed by atoms with Crippen molar-refractivity contribution in [2.24, 2.45) is 0 Å². The summed E-state index contributed by atoms with van der Waals surface area (Å²) in [5, 5.41) is 2.81. The van der Waals surface area contributed by atoms with Gasteiger partial charge in [-0.3, -0.25) is 9.59 Å². The van der Waals surface area contributed by atoms with Gasteiger partial charge in [0.1, 0.15) is 6.04 Å². The topological polar surface area (TPSA) is 58.6 Å². The second-order valence-corrected chi connectivity index (χ2v) is 4.88. The number of hydrogen-bond acceptors (Lipinski definition) is 3. The molecule has 0 spiro atoms. The number of benzene rings is 1. The Bertz CT molecular complexity index is 461. The van der Waals surface area contributed by atoms with Crippen LogP contribution in [0, 0.1) is 0 Å². The number of nitrogens with one attached hydrogen (secondary N) is 1. The summed E-state index contributed by atoms with van der Waals surface area (Å²) in [6.07, 6.45) is 0.871. The van der Waals surface area contributed by atoms with Gasteiger partial charge < -0.3 is 15.0 Å². The van der Waals surface area contributed by atoms with Gasteiger partial charge >= 0.3 is 0 Å². The maximum absolute atomic E-state index is 12.5. The molecular formula is C15H20N2O3. The van der Waals surface area contributed by atoms with Crippen LogP contribution in [0.1, 0.15) is 12.0 Å². The average molecular weight is 276 g/mol. The summed E-state index contributed by atoms with van der Waals surface area (Å²) in [5.41, 5.74) is 1.04. The standard InChI is InChI=1S/C15H20N2O3/c1-20-10-9-17-8-7-14(18)16-13(15(17)19)11-12-5-3-2-4-6-12/h2-6,13H,7-11H2,1H3,(H,16,18). The first kappa shape index (κ1) is 14.5. The second-order valence-electron chi connectivity index (χ2n) is 4.88. The van der Waals surface area contributed by atoms with Crippen molar-refractivity contribution < 1.29 is 14.3 Å². The third-order valence-electron chi connectivity index (χ3n) is 3.40. The molecule has 0 aliphatic carbocycles. The minimum atomic E-state index is -0.482. The molecule has 0 bridgehead atoms. The highest BCUT2D eigenvalue weighted by atomic mass is 16.5. The van der Waals surface area contributed by atoms with Crippen LogP contribution in [0.2, 0.25) is 0 Å². The van der Waals surface area contributed by atoms with Crippen LogP contribution in [-0.2, 0) is 20.7 Å². The lowest BCUT2D eigenvalue weighted by Gasteiger charge is -2.23. The molecular weight excluding hydrogens is 256 g/mol. The molecule has 0 radical (unpaired) electrons. The van der Waals surface area contributed by atoms with E-state index in [9.17, 15) is 9.59 Å². The molecule has 108 valence electrons. The molecule has 1 aliphatic rings. The van der Waals surface area contributed by atoms with Crippen molar-refractivity contribution in [3.05, 3.63) is 35.9 Å². The van der Waals surface area contributed by atoms with E-state index in [-0.39, 0.29) is 11.8 Å². The predicted molar refractivity (Wildman–Crippen MR) is 75.1 cm³/mol. The van der Waals surface area contributed by atoms with Crippen molar-refractivity contribution in [3.63, 3.8) is 0 Å². The zero-order valence-electron chi connectivity index (χ0n) is 11.7. The van der Waals surface area contributed by atoms with E-state index in [1.54, 1.807) is 12.0 Å². The summed E-state index contributed by atoms with van der Waals surface area (Å²) in [7, 11) is 1.60. The van der Waals surface area contributed by atoms with Crippen molar-refractivity contribution in [2.75, 3.05) is 26.8 Å². The first-order valence-electron chi connectivity index (χ1n) is 6.81. The number of amides is 2. The zero-order valence-corrected chi connectivity index (χ0v) is 11.7. The smallest absolute Gasteiger partial charge is 0.245 e. The van der Waals surface area contributed by atoms with Gasteiger partial charge in [-0.25, -0.2) is 0 Å². The van der Waals surface area contributed by atoms with Crippen LogP contribution in [0.25, 0.3) is 0 Å². The van der Waals surface area contributed by atoms with E-state index >= 15 is 0 Å². The second kappa shape index (κ2) is 7.05. The lowest BCUT2D eigenvalue weighted by Crippen LogP contribution is -2.46. The molecule has 1 saturated heterocycles. The average Bonchev–Trinajstić information content (AvgIpc) is 2.59. The van der Waals surface area contributed by atoms with Gasteiger partial charge in [-0.15, -0.1) is 0 Å². The maximum Gasteiger partial charge on any atom is 0.245 e. The van der Waals surface area contributed by atoms with Crippen LogP contribution in [0.4, 0.5) is 0 Å². The van der Waals surface area contributed by atoms with Crippen LogP contribution in [0.15, 0.2) is 30.3 Å². The highest BCUT2D eigenvalue weighted by Crippen LogP contribution is 2.09. The lowest BCUT2D eigenvalue weighted by atomic mass is 10.1. The molecule has 0 saturated carbocycles. The Labute approximate surface area is 118 Å². The predicted octanol–water partition coefficient (Wildman–Crippen LogP) is 0.593. The van der Waals surface area contributed by atoms with E-state index < -0.39 is 6.04 Å². The van der Waals surface area contributed by atoms with E-state index in [4.69, 9.17) is 4.74 Å². The van der Waals surface area contributed by atoms with Crippen molar-refractivity contribution in [1.29, 1.82) is 0 Å². The minimum absolute atomic E-state index is 0.0308. The normalized spacial score (nSPS) is 19.6. The van der Waals surface area contributed by atoms with Crippen LogP contribution >= 0.6 is 0 Å². The molecule has 1 atom stereocenters. The molecule has 5 heteroatoms. The third-order valence-corrected chi connectivity index (χ3v) is 3.40. The van der Waals surface area contributed by atoms with E-state index in [2.05, 4.69) is 5.32 Å². The Morgan fingerprint density at radius 1 is 1.30 bits per heavy atom. The van der Waals surface area contributed by atoms with E-state index in [1.807, 2.05) is 30.3 Å². The van der Waals surface area contributed by atoms with Crippen molar-refractivity contribution >= 4 is 11.8 Å². The van der Waals surface area contributed by atoms with Gasteiger partial charge in [0.15, 0.2) is 0 Å². The SMILES string of the molecule is COCCN1CCC(=O)NC(Cc2ccccc2)C1=O.